The lowest BCUT2D eigenvalue weighted by molar-refractivity contribution is -0.385. The highest BCUT2D eigenvalue weighted by atomic mass is 32.2. The Hall–Kier alpha value is -2.02. The van der Waals surface area contributed by atoms with Crippen molar-refractivity contribution in [3.05, 3.63) is 39.9 Å². The van der Waals surface area contributed by atoms with Crippen LogP contribution in [0.25, 0.3) is 0 Å². The number of rotatable bonds is 5. The third-order valence-corrected chi connectivity index (χ3v) is 5.61. The van der Waals surface area contributed by atoms with Crippen LogP contribution in [0.4, 0.5) is 5.69 Å². The average Bonchev–Trinajstić information content (AvgIpc) is 2.96. The smallest absolute Gasteiger partial charge is 0.273 e. The number of likely N-dealkylation sites (N-methyl/N-ethyl adjacent to an activating group) is 1. The fourth-order valence-electron chi connectivity index (χ4n) is 2.33. The zero-order valence-electron chi connectivity index (χ0n) is 11.9. The van der Waals surface area contributed by atoms with E-state index >= 15 is 0 Å². The summed E-state index contributed by atoms with van der Waals surface area (Å²) in [6.07, 6.45) is 0.274. The molecule has 1 aromatic carbocycles. The predicted octanol–water partition coefficient (Wildman–Crippen LogP) is 1.04. The molecule has 0 aromatic heterocycles. The standard InChI is InChI=1S/C13H15N3O5S/c1-15(13(9-14)6-7-21-10-13)22(19,20)8-11-4-2-3-5-12(11)16(17)18/h2-5H,6-8,10H2,1H3/t13-/m0/s1. The Morgan fingerprint density at radius 1 is 1.50 bits per heavy atom. The van der Waals surface area contributed by atoms with Gasteiger partial charge in [-0.25, -0.2) is 8.42 Å². The van der Waals surface area contributed by atoms with Gasteiger partial charge in [0.2, 0.25) is 10.0 Å². The lowest BCUT2D eigenvalue weighted by Crippen LogP contribution is -2.49. The summed E-state index contributed by atoms with van der Waals surface area (Å²) in [5.41, 5.74) is -1.41. The molecular weight excluding hydrogens is 310 g/mol. The number of nitro benzene ring substituents is 1. The zero-order valence-corrected chi connectivity index (χ0v) is 12.7. The van der Waals surface area contributed by atoms with Crippen molar-refractivity contribution < 1.29 is 18.1 Å². The fourth-order valence-corrected chi connectivity index (χ4v) is 3.88. The van der Waals surface area contributed by atoms with Crippen LogP contribution in [0.5, 0.6) is 0 Å². The van der Waals surface area contributed by atoms with Gasteiger partial charge in [0.1, 0.15) is 5.54 Å². The molecule has 1 heterocycles. The number of benzene rings is 1. The number of sulfonamides is 1. The maximum Gasteiger partial charge on any atom is 0.273 e. The van der Waals surface area contributed by atoms with Crippen LogP contribution >= 0.6 is 0 Å². The van der Waals surface area contributed by atoms with Gasteiger partial charge in [0, 0.05) is 31.7 Å². The monoisotopic (exact) mass is 325 g/mol. The highest BCUT2D eigenvalue weighted by Crippen LogP contribution is 2.29. The Bertz CT molecular complexity index is 719. The highest BCUT2D eigenvalue weighted by molar-refractivity contribution is 7.88. The van der Waals surface area contributed by atoms with Gasteiger partial charge in [-0.05, 0) is 0 Å². The van der Waals surface area contributed by atoms with Gasteiger partial charge in [-0.15, -0.1) is 0 Å². The Balaban J connectivity index is 2.33. The van der Waals surface area contributed by atoms with Crippen molar-refractivity contribution in [1.29, 1.82) is 5.26 Å². The number of nitrogens with zero attached hydrogens (tertiary/aromatic N) is 3. The summed E-state index contributed by atoms with van der Waals surface area (Å²) >= 11 is 0. The van der Waals surface area contributed by atoms with E-state index in [-0.39, 0.29) is 24.3 Å². The second kappa shape index (κ2) is 6.00. The summed E-state index contributed by atoms with van der Waals surface area (Å²) in [7, 11) is -2.59. The maximum absolute atomic E-state index is 12.5. The largest absolute Gasteiger partial charge is 0.378 e. The van der Waals surface area contributed by atoms with Crippen molar-refractivity contribution >= 4 is 15.7 Å². The second-order valence-corrected chi connectivity index (χ2v) is 7.06. The lowest BCUT2D eigenvalue weighted by atomic mass is 10.0. The van der Waals surface area contributed by atoms with Crippen LogP contribution < -0.4 is 0 Å². The first kappa shape index (κ1) is 16.4. The molecule has 0 radical (unpaired) electrons. The molecule has 1 atom stereocenters. The number of ether oxygens (including phenoxy) is 1. The number of hydrogen-bond acceptors (Lipinski definition) is 6. The molecule has 0 aliphatic carbocycles. The normalized spacial score (nSPS) is 21.7. The molecule has 8 nitrogen and oxygen atoms in total. The quantitative estimate of drug-likeness (QED) is 0.590. The van der Waals surface area contributed by atoms with Crippen molar-refractivity contribution in [2.24, 2.45) is 0 Å². The molecule has 118 valence electrons. The second-order valence-electron chi connectivity index (χ2n) is 5.06. The van der Waals surface area contributed by atoms with Crippen molar-refractivity contribution in [3.63, 3.8) is 0 Å². The van der Waals surface area contributed by atoms with E-state index < -0.39 is 26.2 Å². The van der Waals surface area contributed by atoms with Crippen LogP contribution in [0.1, 0.15) is 12.0 Å². The minimum Gasteiger partial charge on any atom is -0.378 e. The van der Waals surface area contributed by atoms with Crippen molar-refractivity contribution in [2.45, 2.75) is 17.7 Å². The van der Waals surface area contributed by atoms with E-state index in [1.165, 1.54) is 31.3 Å². The molecule has 0 amide bonds. The highest BCUT2D eigenvalue weighted by Gasteiger charge is 2.45. The molecule has 1 aromatic rings. The summed E-state index contributed by atoms with van der Waals surface area (Å²) in [6, 6.07) is 7.65. The molecule has 0 bridgehead atoms. The number of nitro groups is 1. The van der Waals surface area contributed by atoms with Crippen LogP contribution in [-0.2, 0) is 20.5 Å². The Morgan fingerprint density at radius 2 is 2.18 bits per heavy atom. The van der Waals surface area contributed by atoms with Crippen LogP contribution in [0.15, 0.2) is 24.3 Å². The molecule has 1 aliphatic heterocycles. The molecular formula is C13H15N3O5S. The van der Waals surface area contributed by atoms with Gasteiger partial charge in [-0.2, -0.15) is 9.57 Å². The Labute approximate surface area is 128 Å². The van der Waals surface area contributed by atoms with Gasteiger partial charge < -0.3 is 4.74 Å². The van der Waals surface area contributed by atoms with Gasteiger partial charge in [-0.1, -0.05) is 18.2 Å². The molecule has 1 fully saturated rings. The van der Waals surface area contributed by atoms with Crippen LogP contribution in [-0.4, -0.2) is 43.4 Å². The topological polar surface area (TPSA) is 114 Å². The average molecular weight is 325 g/mol. The first-order valence-electron chi connectivity index (χ1n) is 6.50. The maximum atomic E-state index is 12.5. The molecule has 0 saturated carbocycles. The molecule has 1 saturated heterocycles. The van der Waals surface area contributed by atoms with Gasteiger partial charge in [0.25, 0.3) is 5.69 Å². The van der Waals surface area contributed by atoms with Gasteiger partial charge in [0.05, 0.1) is 23.4 Å². The van der Waals surface area contributed by atoms with Crippen LogP contribution in [0.2, 0.25) is 0 Å². The molecule has 0 spiro atoms. The van der Waals surface area contributed by atoms with E-state index in [4.69, 9.17) is 4.74 Å². The lowest BCUT2D eigenvalue weighted by Gasteiger charge is -2.30. The fraction of sp³-hybridized carbons (Fsp3) is 0.462. The van der Waals surface area contributed by atoms with E-state index in [9.17, 15) is 23.8 Å². The van der Waals surface area contributed by atoms with E-state index in [1.54, 1.807) is 0 Å². The SMILES string of the molecule is CN([C@]1(C#N)CCOC1)S(=O)(=O)Cc1ccccc1[N+](=O)[O-]. The van der Waals surface area contributed by atoms with E-state index in [2.05, 4.69) is 0 Å². The predicted molar refractivity (Wildman–Crippen MR) is 77.3 cm³/mol. The Morgan fingerprint density at radius 3 is 2.73 bits per heavy atom. The summed E-state index contributed by atoms with van der Waals surface area (Å²) in [6.45, 7) is 0.301. The molecule has 2 rings (SSSR count). The van der Waals surface area contributed by atoms with Gasteiger partial charge in [-0.3, -0.25) is 10.1 Å². The van der Waals surface area contributed by atoms with Crippen molar-refractivity contribution in [3.8, 4) is 6.07 Å². The van der Waals surface area contributed by atoms with Crippen molar-refractivity contribution in [1.82, 2.24) is 4.31 Å². The molecule has 1 aliphatic rings. The molecule has 0 N–H and O–H groups in total. The summed E-state index contributed by atoms with van der Waals surface area (Å²) in [5.74, 6) is -0.538. The van der Waals surface area contributed by atoms with E-state index in [0.29, 0.717) is 6.61 Å². The number of para-hydroxylation sites is 1. The minimum atomic E-state index is -3.90. The third kappa shape index (κ3) is 2.94. The summed E-state index contributed by atoms with van der Waals surface area (Å²) in [5, 5.41) is 20.3. The molecule has 22 heavy (non-hydrogen) atoms. The first-order valence-corrected chi connectivity index (χ1v) is 8.11. The third-order valence-electron chi connectivity index (χ3n) is 3.76. The van der Waals surface area contributed by atoms with Crippen LogP contribution in [0, 0.1) is 21.4 Å². The molecule has 9 heteroatoms. The van der Waals surface area contributed by atoms with E-state index in [1.807, 2.05) is 6.07 Å². The zero-order chi connectivity index (χ0) is 16.4. The number of nitriles is 1. The van der Waals surface area contributed by atoms with Gasteiger partial charge >= 0.3 is 0 Å². The molecule has 0 unspecified atom stereocenters. The van der Waals surface area contributed by atoms with Gasteiger partial charge in [0.15, 0.2) is 0 Å². The first-order chi connectivity index (χ1) is 10.3. The van der Waals surface area contributed by atoms with E-state index in [0.717, 1.165) is 4.31 Å². The van der Waals surface area contributed by atoms with Crippen LogP contribution in [0.3, 0.4) is 0 Å². The minimum absolute atomic E-state index is 0.00386. The summed E-state index contributed by atoms with van der Waals surface area (Å²) < 4.78 is 31.2. The summed E-state index contributed by atoms with van der Waals surface area (Å²) in [4.78, 5) is 10.4. The van der Waals surface area contributed by atoms with Crippen molar-refractivity contribution in [2.75, 3.05) is 20.3 Å². The Kier molecular flexibility index (Phi) is 4.46. The number of hydrogen-bond donors (Lipinski definition) is 0.